The number of unbranched alkanes of at least 4 members (excludes halogenated alkanes) is 3. The smallest absolute Gasteiger partial charge is 0.264 e. The summed E-state index contributed by atoms with van der Waals surface area (Å²) in [6.45, 7) is 7.33. The Kier molecular flexibility index (Phi) is 16.5. The van der Waals surface area contributed by atoms with E-state index in [0.29, 0.717) is 6.61 Å². The minimum atomic E-state index is -4.67. The van der Waals surface area contributed by atoms with E-state index in [-0.39, 0.29) is 0 Å². The fraction of sp³-hybridized carbons (Fsp3) is 1.00. The van der Waals surface area contributed by atoms with E-state index in [1.165, 1.54) is 63.2 Å². The summed E-state index contributed by atoms with van der Waals surface area (Å²) in [6, 6.07) is 0. The summed E-state index contributed by atoms with van der Waals surface area (Å²) < 4.78 is 31.6. The zero-order valence-corrected chi connectivity index (χ0v) is 16.4. The predicted molar refractivity (Wildman–Crippen MR) is 98.4 cm³/mol. The van der Waals surface area contributed by atoms with Gasteiger partial charge < -0.3 is 0 Å². The van der Waals surface area contributed by atoms with Gasteiger partial charge in [-0.25, -0.2) is 0 Å². The van der Waals surface area contributed by atoms with Crippen LogP contribution in [0.2, 0.25) is 0 Å². The Morgan fingerprint density at radius 2 is 1.00 bits per heavy atom. The number of aliphatic hydroxyl groups excluding tert-OH is 1. The number of hydrogen-bond donors (Lipinski definition) is 3. The molecule has 0 aliphatic carbocycles. The van der Waals surface area contributed by atoms with Gasteiger partial charge in [0.15, 0.2) is 0 Å². The van der Waals surface area contributed by atoms with Gasteiger partial charge in [-0.1, -0.05) is 0 Å². The van der Waals surface area contributed by atoms with E-state index in [1.54, 1.807) is 0 Å². The van der Waals surface area contributed by atoms with Crippen LogP contribution in [0.15, 0.2) is 0 Å². The summed E-state index contributed by atoms with van der Waals surface area (Å²) in [4.78, 5) is 0. The van der Waals surface area contributed by atoms with Crippen LogP contribution in [0.5, 0.6) is 0 Å². The van der Waals surface area contributed by atoms with Gasteiger partial charge in [0.1, 0.15) is 0 Å². The van der Waals surface area contributed by atoms with Crippen molar-refractivity contribution in [2.75, 3.05) is 31.3 Å². The molecule has 0 heterocycles. The van der Waals surface area contributed by atoms with Crippen molar-refractivity contribution < 1.29 is 22.6 Å². The Labute approximate surface area is 137 Å². The van der Waals surface area contributed by atoms with Crippen LogP contribution in [0.3, 0.4) is 0 Å². The third kappa shape index (κ3) is 18.3. The first-order chi connectivity index (χ1) is 10.2. The van der Waals surface area contributed by atoms with Crippen LogP contribution in [-0.4, -0.2) is 53.9 Å². The molecule has 138 valence electrons. The second-order valence-electron chi connectivity index (χ2n) is 6.09. The molecule has 0 rings (SSSR count). The monoisotopic (exact) mass is 360 g/mol. The predicted octanol–water partition coefficient (Wildman–Crippen LogP) is 3.87. The van der Waals surface area contributed by atoms with Crippen molar-refractivity contribution in [1.29, 1.82) is 0 Å². The summed E-state index contributed by atoms with van der Waals surface area (Å²) in [7, 11) is -5.71. The maximum absolute atomic E-state index is 9.13. The van der Waals surface area contributed by atoms with Crippen molar-refractivity contribution in [1.82, 2.24) is 0 Å². The largest absolute Gasteiger partial charge is 0.394 e. The molecule has 0 aromatic heterocycles. The first-order valence-electron chi connectivity index (χ1n) is 8.55. The van der Waals surface area contributed by atoms with Crippen LogP contribution in [0, 0.1) is 0 Å². The quantitative estimate of drug-likeness (QED) is 0.363. The molecule has 0 aliphatic rings. The van der Waals surface area contributed by atoms with Crippen molar-refractivity contribution in [2.45, 2.75) is 65.7 Å². The summed E-state index contributed by atoms with van der Waals surface area (Å²) in [5, 5.41) is 9.13. The van der Waals surface area contributed by atoms with E-state index in [2.05, 4.69) is 20.8 Å². The molecule has 0 bridgehead atoms. The number of rotatable bonds is 12. The van der Waals surface area contributed by atoms with Gasteiger partial charge >= 0.3 is 120 Å². The van der Waals surface area contributed by atoms with Gasteiger partial charge in [0.05, 0.1) is 0 Å². The Bertz CT molecular complexity index is 287. The van der Waals surface area contributed by atoms with E-state index in [9.17, 15) is 0 Å². The Balaban J connectivity index is 0. The molecule has 0 saturated carbocycles. The zero-order valence-electron chi connectivity index (χ0n) is 14.6. The van der Waals surface area contributed by atoms with Crippen molar-refractivity contribution in [3.05, 3.63) is 0 Å². The fourth-order valence-corrected chi connectivity index (χ4v) is 8.58. The van der Waals surface area contributed by atoms with Crippen LogP contribution in [0.25, 0.3) is 0 Å². The summed E-state index contributed by atoms with van der Waals surface area (Å²) in [5.41, 5.74) is 0. The Morgan fingerprint density at radius 1 is 0.727 bits per heavy atom. The first kappa shape index (κ1) is 24.5. The second kappa shape index (κ2) is 14.8. The van der Waals surface area contributed by atoms with Crippen LogP contribution < -0.4 is 0 Å². The average Bonchev–Trinajstić information content (AvgIpc) is 2.44. The van der Waals surface area contributed by atoms with Gasteiger partial charge in [-0.15, -0.1) is 0 Å². The van der Waals surface area contributed by atoms with Gasteiger partial charge in [0, 0.05) is 0 Å². The summed E-state index contributed by atoms with van der Waals surface area (Å²) in [6.07, 6.45) is 15.3. The molecule has 0 spiro atoms. The standard InChI is InChI=1S/C15H35OP.H2O4S/c1-4-7-12-17(13-8-5-2,14-9-6-3)15-10-11-16;1-5(2,3)4/h16-17H,4-15H2,1-3H3;(H2,1,2,3,4). The molecule has 0 aromatic carbocycles. The fourth-order valence-electron chi connectivity index (χ4n) is 2.86. The molecule has 0 atom stereocenters. The summed E-state index contributed by atoms with van der Waals surface area (Å²) in [5.74, 6) is 0. The molecule has 0 fully saturated rings. The maximum Gasteiger partial charge on any atom is 0.394 e. The molecule has 0 aliphatic heterocycles. The van der Waals surface area contributed by atoms with Gasteiger partial charge in [-0.2, -0.15) is 8.42 Å². The molecular weight excluding hydrogens is 323 g/mol. The molecule has 0 unspecified atom stereocenters. The van der Waals surface area contributed by atoms with Gasteiger partial charge in [0.25, 0.3) is 0 Å². The van der Waals surface area contributed by atoms with E-state index in [4.69, 9.17) is 22.6 Å². The molecule has 3 N–H and O–H groups in total. The zero-order chi connectivity index (χ0) is 17.5. The molecule has 0 saturated heterocycles. The molecule has 5 nitrogen and oxygen atoms in total. The van der Waals surface area contributed by atoms with E-state index >= 15 is 0 Å². The van der Waals surface area contributed by atoms with Crippen LogP contribution in [-0.2, 0) is 10.4 Å². The summed E-state index contributed by atoms with van der Waals surface area (Å²) >= 11 is 0. The third-order valence-electron chi connectivity index (χ3n) is 4.05. The SMILES string of the molecule is CCCC[PH](CCCC)(CCCC)CCCO.O=S(=O)(O)O. The molecule has 0 aromatic rings. The average molecular weight is 360 g/mol. The molecular formula is C15H37O5PS. The third-order valence-corrected chi connectivity index (χ3v) is 9.70. The van der Waals surface area contributed by atoms with Gasteiger partial charge in [-0.05, 0) is 0 Å². The van der Waals surface area contributed by atoms with Gasteiger partial charge in [-0.3, -0.25) is 9.11 Å². The number of hydrogen-bond acceptors (Lipinski definition) is 3. The normalized spacial score (nSPS) is 12.6. The van der Waals surface area contributed by atoms with Crippen LogP contribution in [0.1, 0.15) is 65.7 Å². The van der Waals surface area contributed by atoms with E-state index < -0.39 is 17.7 Å². The van der Waals surface area contributed by atoms with E-state index in [0.717, 1.165) is 6.42 Å². The second-order valence-corrected chi connectivity index (χ2v) is 12.0. The molecule has 22 heavy (non-hydrogen) atoms. The van der Waals surface area contributed by atoms with Crippen molar-refractivity contribution in [2.24, 2.45) is 0 Å². The van der Waals surface area contributed by atoms with Crippen molar-refractivity contribution >= 4 is 17.7 Å². The van der Waals surface area contributed by atoms with Crippen LogP contribution >= 0.6 is 7.26 Å². The minimum absolute atomic E-state index is 0.402. The number of aliphatic hydroxyl groups is 1. The first-order valence-corrected chi connectivity index (χ1v) is 12.8. The van der Waals surface area contributed by atoms with E-state index in [1.807, 2.05) is 0 Å². The minimum Gasteiger partial charge on any atom is -0.264 e. The van der Waals surface area contributed by atoms with Crippen molar-refractivity contribution in [3.63, 3.8) is 0 Å². The van der Waals surface area contributed by atoms with Gasteiger partial charge in [0.2, 0.25) is 0 Å². The molecule has 0 amide bonds. The van der Waals surface area contributed by atoms with Crippen LogP contribution in [0.4, 0.5) is 0 Å². The Morgan fingerprint density at radius 3 is 1.23 bits per heavy atom. The molecule has 7 heteroatoms. The topological polar surface area (TPSA) is 94.8 Å². The maximum atomic E-state index is 9.13. The van der Waals surface area contributed by atoms with Crippen molar-refractivity contribution in [3.8, 4) is 0 Å². The Hall–Kier alpha value is 0.260. The molecule has 0 radical (unpaired) electrons.